The first-order chi connectivity index (χ1) is 15.5. The van der Waals surface area contributed by atoms with Crippen molar-refractivity contribution in [2.45, 2.75) is 20.0 Å². The van der Waals surface area contributed by atoms with E-state index >= 15 is 0 Å². The minimum absolute atomic E-state index is 0.0848. The van der Waals surface area contributed by atoms with Gasteiger partial charge in [0, 0.05) is 18.5 Å². The summed E-state index contributed by atoms with van der Waals surface area (Å²) in [6.07, 6.45) is 1.31. The molecule has 0 radical (unpaired) electrons. The summed E-state index contributed by atoms with van der Waals surface area (Å²) >= 11 is 0. The van der Waals surface area contributed by atoms with Gasteiger partial charge in [0.25, 0.3) is 5.56 Å². The van der Waals surface area contributed by atoms with Crippen LogP contribution in [0.2, 0.25) is 0 Å². The van der Waals surface area contributed by atoms with Crippen LogP contribution in [0.5, 0.6) is 0 Å². The van der Waals surface area contributed by atoms with Gasteiger partial charge in [-0.15, -0.1) is 0 Å². The van der Waals surface area contributed by atoms with E-state index in [4.69, 9.17) is 4.42 Å². The number of hydrogen-bond acceptors (Lipinski definition) is 5. The molecule has 2 aromatic carbocycles. The van der Waals surface area contributed by atoms with E-state index in [0.717, 1.165) is 10.9 Å². The van der Waals surface area contributed by atoms with Gasteiger partial charge < -0.3 is 14.6 Å². The average molecular weight is 436 g/mol. The predicted molar refractivity (Wildman–Crippen MR) is 116 cm³/mol. The molecule has 0 spiro atoms. The summed E-state index contributed by atoms with van der Waals surface area (Å²) in [5.74, 6) is -1.11. The van der Waals surface area contributed by atoms with E-state index < -0.39 is 11.5 Å². The zero-order chi connectivity index (χ0) is 22.7. The molecular weight excluding hydrogens is 415 g/mol. The van der Waals surface area contributed by atoms with Crippen LogP contribution < -0.4 is 10.9 Å². The summed E-state index contributed by atoms with van der Waals surface area (Å²) in [5, 5.41) is 3.43. The highest BCUT2D eigenvalue weighted by Crippen LogP contribution is 2.24. The van der Waals surface area contributed by atoms with Crippen LogP contribution in [-0.2, 0) is 22.7 Å². The van der Waals surface area contributed by atoms with Crippen LogP contribution in [0.25, 0.3) is 22.1 Å². The van der Waals surface area contributed by atoms with Gasteiger partial charge in [-0.05, 0) is 36.8 Å². The number of para-hydroxylation sites is 1. The average Bonchev–Trinajstić information content (AvgIpc) is 3.18. The fourth-order valence-corrected chi connectivity index (χ4v) is 3.38. The van der Waals surface area contributed by atoms with Gasteiger partial charge in [-0.3, -0.25) is 19.0 Å². The van der Waals surface area contributed by atoms with Gasteiger partial charge in [0.1, 0.15) is 23.5 Å². The second kappa shape index (κ2) is 9.01. The van der Waals surface area contributed by atoms with E-state index in [1.54, 1.807) is 31.2 Å². The molecule has 0 saturated carbocycles. The van der Waals surface area contributed by atoms with Gasteiger partial charge in [0.2, 0.25) is 17.4 Å². The van der Waals surface area contributed by atoms with E-state index in [0.29, 0.717) is 11.1 Å². The molecule has 0 fully saturated rings. The summed E-state index contributed by atoms with van der Waals surface area (Å²) < 4.78 is 19.8. The SMILES string of the molecule is CCN(CC(=O)NCc1ccc(F)cc1)C(=O)Cn1cnc2c(oc3ccccc32)c1=O. The lowest BCUT2D eigenvalue weighted by Crippen LogP contribution is -2.42. The maximum Gasteiger partial charge on any atom is 0.297 e. The Morgan fingerprint density at radius 3 is 2.66 bits per heavy atom. The first-order valence-corrected chi connectivity index (χ1v) is 10.1. The second-order valence-corrected chi connectivity index (χ2v) is 7.26. The van der Waals surface area contributed by atoms with Crippen LogP contribution in [0.1, 0.15) is 12.5 Å². The quantitative estimate of drug-likeness (QED) is 0.480. The van der Waals surface area contributed by atoms with Crippen LogP contribution in [0.15, 0.2) is 64.1 Å². The normalized spacial score (nSPS) is 11.1. The predicted octanol–water partition coefficient (Wildman–Crippen LogP) is 2.45. The van der Waals surface area contributed by atoms with E-state index in [-0.39, 0.29) is 43.5 Å². The molecule has 0 aliphatic rings. The number of aromatic nitrogens is 2. The molecule has 0 unspecified atom stereocenters. The molecule has 0 aliphatic heterocycles. The van der Waals surface area contributed by atoms with Crippen molar-refractivity contribution in [1.29, 1.82) is 0 Å². The number of benzene rings is 2. The summed E-state index contributed by atoms with van der Waals surface area (Å²) in [5.41, 5.74) is 1.36. The topological polar surface area (TPSA) is 97.4 Å². The molecule has 4 rings (SSSR count). The van der Waals surface area contributed by atoms with Gasteiger partial charge in [-0.1, -0.05) is 24.3 Å². The first kappa shape index (κ1) is 21.2. The summed E-state index contributed by atoms with van der Waals surface area (Å²) in [6, 6.07) is 13.0. The maximum atomic E-state index is 13.0. The third-order valence-corrected chi connectivity index (χ3v) is 5.13. The molecule has 4 aromatic rings. The highest BCUT2D eigenvalue weighted by molar-refractivity contribution is 6.01. The largest absolute Gasteiger partial charge is 0.448 e. The van der Waals surface area contributed by atoms with Crippen molar-refractivity contribution in [3.63, 3.8) is 0 Å². The van der Waals surface area contributed by atoms with Gasteiger partial charge >= 0.3 is 0 Å². The van der Waals surface area contributed by atoms with Crippen LogP contribution in [0.4, 0.5) is 4.39 Å². The number of amides is 2. The van der Waals surface area contributed by atoms with E-state index in [1.807, 2.05) is 12.1 Å². The van der Waals surface area contributed by atoms with Crippen molar-refractivity contribution in [3.05, 3.63) is 76.6 Å². The number of rotatable bonds is 7. The first-order valence-electron chi connectivity index (χ1n) is 10.1. The number of fused-ring (bicyclic) bond motifs is 3. The number of furan rings is 1. The van der Waals surface area contributed by atoms with Crippen molar-refractivity contribution in [3.8, 4) is 0 Å². The van der Waals surface area contributed by atoms with Crippen LogP contribution in [0.3, 0.4) is 0 Å². The lowest BCUT2D eigenvalue weighted by molar-refractivity contribution is -0.136. The minimum Gasteiger partial charge on any atom is -0.448 e. The van der Waals surface area contributed by atoms with Crippen molar-refractivity contribution in [2.75, 3.05) is 13.1 Å². The van der Waals surface area contributed by atoms with Crippen molar-refractivity contribution in [1.82, 2.24) is 19.8 Å². The molecule has 2 aromatic heterocycles. The number of nitrogens with one attached hydrogen (secondary N) is 1. The van der Waals surface area contributed by atoms with E-state index in [9.17, 15) is 18.8 Å². The standard InChI is InChI=1S/C23H21FN4O4/c1-2-27(12-19(29)25-11-15-7-9-16(24)10-8-15)20(30)13-28-14-26-21-17-5-3-4-6-18(17)32-22(21)23(28)31/h3-10,14H,2,11-13H2,1H3,(H,25,29). The van der Waals surface area contributed by atoms with Crippen molar-refractivity contribution >= 4 is 33.9 Å². The Bertz CT molecular complexity index is 1340. The van der Waals surface area contributed by atoms with Crippen LogP contribution >= 0.6 is 0 Å². The Kier molecular flexibility index (Phi) is 5.98. The summed E-state index contributed by atoms with van der Waals surface area (Å²) in [6.45, 7) is 1.83. The van der Waals surface area contributed by atoms with Gasteiger partial charge in [0.05, 0.1) is 12.9 Å². The van der Waals surface area contributed by atoms with Crippen LogP contribution in [0, 0.1) is 5.82 Å². The smallest absolute Gasteiger partial charge is 0.297 e. The van der Waals surface area contributed by atoms with E-state index in [2.05, 4.69) is 10.3 Å². The fourth-order valence-electron chi connectivity index (χ4n) is 3.38. The molecule has 0 aliphatic carbocycles. The molecule has 0 saturated heterocycles. The molecule has 2 heterocycles. The third-order valence-electron chi connectivity index (χ3n) is 5.13. The van der Waals surface area contributed by atoms with Gasteiger partial charge in [-0.2, -0.15) is 0 Å². The molecule has 0 atom stereocenters. The fraction of sp³-hybridized carbons (Fsp3) is 0.217. The molecule has 164 valence electrons. The second-order valence-electron chi connectivity index (χ2n) is 7.26. The van der Waals surface area contributed by atoms with Gasteiger partial charge in [-0.25, -0.2) is 9.37 Å². The van der Waals surface area contributed by atoms with Crippen molar-refractivity contribution < 1.29 is 18.4 Å². The van der Waals surface area contributed by atoms with Crippen molar-refractivity contribution in [2.24, 2.45) is 0 Å². The van der Waals surface area contributed by atoms with Gasteiger partial charge in [0.15, 0.2) is 0 Å². The lowest BCUT2D eigenvalue weighted by atomic mass is 10.2. The molecule has 9 heteroatoms. The third kappa shape index (κ3) is 4.36. The molecule has 0 bridgehead atoms. The zero-order valence-corrected chi connectivity index (χ0v) is 17.4. The lowest BCUT2D eigenvalue weighted by Gasteiger charge is -2.20. The van der Waals surface area contributed by atoms with Crippen LogP contribution in [-0.4, -0.2) is 39.4 Å². The maximum absolute atomic E-state index is 13.0. The Balaban J connectivity index is 1.43. The number of nitrogens with zero attached hydrogens (tertiary/aromatic N) is 3. The molecule has 1 N–H and O–H groups in total. The summed E-state index contributed by atoms with van der Waals surface area (Å²) in [7, 11) is 0. The Labute approximate surface area is 182 Å². The summed E-state index contributed by atoms with van der Waals surface area (Å²) in [4.78, 5) is 43.4. The number of carbonyl (C=O) groups excluding carboxylic acids is 2. The molecule has 2 amide bonds. The van der Waals surface area contributed by atoms with E-state index in [1.165, 1.54) is 27.9 Å². The monoisotopic (exact) mass is 436 g/mol. The number of halogens is 1. The highest BCUT2D eigenvalue weighted by Gasteiger charge is 2.19. The molecule has 8 nitrogen and oxygen atoms in total. The number of likely N-dealkylation sites (N-methyl/N-ethyl adjacent to an activating group) is 1. The zero-order valence-electron chi connectivity index (χ0n) is 17.4. The number of carbonyl (C=O) groups is 2. The number of hydrogen-bond donors (Lipinski definition) is 1. The Morgan fingerprint density at radius 2 is 1.91 bits per heavy atom. The highest BCUT2D eigenvalue weighted by atomic mass is 19.1. The minimum atomic E-state index is -0.462. The Morgan fingerprint density at radius 1 is 1.16 bits per heavy atom. The Hall–Kier alpha value is -4.01. The molecular formula is C23H21FN4O4. The molecule has 32 heavy (non-hydrogen) atoms.